The van der Waals surface area contributed by atoms with Gasteiger partial charge < -0.3 is 9.84 Å². The average molecular weight is 254 g/mol. The highest BCUT2D eigenvalue weighted by Gasteiger charge is 2.07. The van der Waals surface area contributed by atoms with Gasteiger partial charge in [-0.15, -0.1) is 11.8 Å². The van der Waals surface area contributed by atoms with Crippen LogP contribution in [0.25, 0.3) is 0 Å². The molecule has 0 heterocycles. The maximum atomic E-state index is 11.0. The van der Waals surface area contributed by atoms with Crippen LogP contribution in [0.15, 0.2) is 23.1 Å². The molecule has 1 aromatic rings. The number of aryl methyl sites for hydroxylation is 1. The van der Waals surface area contributed by atoms with Crippen LogP contribution in [-0.4, -0.2) is 23.9 Å². The van der Waals surface area contributed by atoms with Crippen molar-refractivity contribution in [3.05, 3.63) is 23.8 Å². The predicted molar refractivity (Wildman–Crippen MR) is 69.5 cm³/mol. The number of ether oxygens (including phenoxy) is 1. The Morgan fingerprint density at radius 3 is 2.88 bits per heavy atom. The van der Waals surface area contributed by atoms with Gasteiger partial charge in [0.05, 0.1) is 12.9 Å². The summed E-state index contributed by atoms with van der Waals surface area (Å²) in [6, 6.07) is 5.55. The van der Waals surface area contributed by atoms with E-state index >= 15 is 0 Å². The number of esters is 1. The zero-order valence-corrected chi connectivity index (χ0v) is 11.0. The lowest BCUT2D eigenvalue weighted by Crippen LogP contribution is -2.02. The number of unbranched alkanes of at least 4 members (excludes halogenated alkanes) is 1. The molecule has 1 rings (SSSR count). The first-order valence-electron chi connectivity index (χ1n) is 5.69. The van der Waals surface area contributed by atoms with Crippen molar-refractivity contribution in [1.82, 2.24) is 0 Å². The summed E-state index contributed by atoms with van der Waals surface area (Å²) in [4.78, 5) is 11.8. The molecule has 0 aliphatic carbocycles. The smallest absolute Gasteiger partial charge is 0.315 e. The second-order valence-electron chi connectivity index (χ2n) is 3.77. The Kier molecular flexibility index (Phi) is 5.91. The van der Waals surface area contributed by atoms with Gasteiger partial charge in [0.1, 0.15) is 5.75 Å². The molecule has 0 unspecified atom stereocenters. The van der Waals surface area contributed by atoms with E-state index in [2.05, 4.69) is 11.7 Å². The Morgan fingerprint density at radius 1 is 1.47 bits per heavy atom. The lowest BCUT2D eigenvalue weighted by Gasteiger charge is -2.06. The van der Waals surface area contributed by atoms with Crippen molar-refractivity contribution in [2.75, 3.05) is 12.9 Å². The minimum absolute atomic E-state index is 0.221. The molecular weight excluding hydrogens is 236 g/mol. The third-order valence-corrected chi connectivity index (χ3v) is 3.43. The summed E-state index contributed by atoms with van der Waals surface area (Å²) < 4.78 is 4.57. The van der Waals surface area contributed by atoms with Crippen LogP contribution in [0, 0.1) is 0 Å². The van der Waals surface area contributed by atoms with Crippen molar-refractivity contribution in [2.45, 2.75) is 31.1 Å². The molecule has 0 bridgehead atoms. The van der Waals surface area contributed by atoms with E-state index in [1.165, 1.54) is 24.4 Å². The zero-order chi connectivity index (χ0) is 12.7. The van der Waals surface area contributed by atoms with Crippen LogP contribution in [0.3, 0.4) is 0 Å². The van der Waals surface area contributed by atoms with E-state index in [1.54, 1.807) is 6.07 Å². The fourth-order valence-corrected chi connectivity index (χ4v) is 2.25. The van der Waals surface area contributed by atoms with E-state index < -0.39 is 0 Å². The van der Waals surface area contributed by atoms with E-state index in [4.69, 9.17) is 0 Å². The highest BCUT2D eigenvalue weighted by atomic mass is 32.2. The predicted octanol–water partition coefficient (Wildman–Crippen LogP) is 3.00. The number of methoxy groups -OCH3 is 1. The molecule has 0 saturated carbocycles. The van der Waals surface area contributed by atoms with E-state index in [1.807, 2.05) is 12.1 Å². The van der Waals surface area contributed by atoms with Crippen LogP contribution in [0.1, 0.15) is 25.3 Å². The number of rotatable bonds is 6. The maximum Gasteiger partial charge on any atom is 0.315 e. The molecule has 0 saturated heterocycles. The molecule has 4 heteroatoms. The van der Waals surface area contributed by atoms with E-state index in [0.717, 1.165) is 24.2 Å². The Bertz CT molecular complexity index is 377. The Morgan fingerprint density at radius 2 is 2.24 bits per heavy atom. The number of hydrogen-bond donors (Lipinski definition) is 1. The number of phenolic OH excluding ortho intramolecular Hbond substituents is 1. The van der Waals surface area contributed by atoms with Gasteiger partial charge in [-0.3, -0.25) is 4.79 Å². The van der Waals surface area contributed by atoms with Gasteiger partial charge in [-0.1, -0.05) is 19.4 Å². The molecule has 94 valence electrons. The van der Waals surface area contributed by atoms with Gasteiger partial charge >= 0.3 is 5.97 Å². The van der Waals surface area contributed by atoms with E-state index in [0.29, 0.717) is 0 Å². The van der Waals surface area contributed by atoms with Crippen LogP contribution >= 0.6 is 11.8 Å². The van der Waals surface area contributed by atoms with Gasteiger partial charge in [0.2, 0.25) is 0 Å². The molecule has 0 aliphatic rings. The second kappa shape index (κ2) is 7.22. The fraction of sp³-hybridized carbons (Fsp3) is 0.462. The van der Waals surface area contributed by atoms with Crippen LogP contribution in [0.5, 0.6) is 5.75 Å². The van der Waals surface area contributed by atoms with Crippen LogP contribution in [-0.2, 0) is 16.0 Å². The van der Waals surface area contributed by atoms with Gasteiger partial charge in [-0.2, -0.15) is 0 Å². The van der Waals surface area contributed by atoms with Crippen molar-refractivity contribution < 1.29 is 14.6 Å². The molecule has 0 aromatic heterocycles. The fourth-order valence-electron chi connectivity index (χ4n) is 1.41. The lowest BCUT2D eigenvalue weighted by atomic mass is 10.1. The molecule has 1 N–H and O–H groups in total. The Labute approximate surface area is 106 Å². The quantitative estimate of drug-likeness (QED) is 0.626. The summed E-state index contributed by atoms with van der Waals surface area (Å²) in [6.45, 7) is 2.15. The molecule has 0 atom stereocenters. The van der Waals surface area contributed by atoms with Crippen molar-refractivity contribution in [2.24, 2.45) is 0 Å². The first kappa shape index (κ1) is 13.9. The van der Waals surface area contributed by atoms with Crippen molar-refractivity contribution in [1.29, 1.82) is 0 Å². The molecule has 0 aliphatic heterocycles. The zero-order valence-electron chi connectivity index (χ0n) is 10.2. The molecule has 3 nitrogen and oxygen atoms in total. The average Bonchev–Trinajstić information content (AvgIpc) is 2.35. The standard InChI is InChI=1S/C13H18O3S/c1-3-4-5-10-6-7-11(14)12(8-10)17-9-13(15)16-2/h6-8,14H,3-5,9H2,1-2H3. The molecular formula is C13H18O3S. The first-order valence-corrected chi connectivity index (χ1v) is 6.67. The third-order valence-electron chi connectivity index (χ3n) is 2.42. The molecule has 17 heavy (non-hydrogen) atoms. The number of benzene rings is 1. The van der Waals surface area contributed by atoms with Gasteiger partial charge in [0, 0.05) is 4.90 Å². The number of thioether (sulfide) groups is 1. The summed E-state index contributed by atoms with van der Waals surface area (Å²) in [5.74, 6) is 0.161. The molecule has 0 fully saturated rings. The van der Waals surface area contributed by atoms with Gasteiger partial charge in [0.25, 0.3) is 0 Å². The highest BCUT2D eigenvalue weighted by Crippen LogP contribution is 2.29. The Hall–Kier alpha value is -1.16. The van der Waals surface area contributed by atoms with Crippen molar-refractivity contribution in [3.63, 3.8) is 0 Å². The number of carbonyl (C=O) groups is 1. The van der Waals surface area contributed by atoms with Crippen LogP contribution in [0.2, 0.25) is 0 Å². The molecule has 0 amide bonds. The van der Waals surface area contributed by atoms with E-state index in [9.17, 15) is 9.90 Å². The summed E-state index contributed by atoms with van der Waals surface area (Å²) >= 11 is 1.30. The largest absolute Gasteiger partial charge is 0.507 e. The van der Waals surface area contributed by atoms with Crippen LogP contribution in [0.4, 0.5) is 0 Å². The second-order valence-corrected chi connectivity index (χ2v) is 4.79. The van der Waals surface area contributed by atoms with Crippen molar-refractivity contribution >= 4 is 17.7 Å². The normalized spacial score (nSPS) is 10.2. The summed E-state index contributed by atoms with van der Waals surface area (Å²) in [5, 5.41) is 9.67. The monoisotopic (exact) mass is 254 g/mol. The highest BCUT2D eigenvalue weighted by molar-refractivity contribution is 8.00. The Balaban J connectivity index is 2.65. The number of phenols is 1. The molecule has 1 aromatic carbocycles. The summed E-state index contributed by atoms with van der Waals surface area (Å²) in [7, 11) is 1.36. The topological polar surface area (TPSA) is 46.5 Å². The van der Waals surface area contributed by atoms with Gasteiger partial charge in [0.15, 0.2) is 0 Å². The number of carbonyl (C=O) groups excluding carboxylic acids is 1. The minimum Gasteiger partial charge on any atom is -0.507 e. The minimum atomic E-state index is -0.284. The third kappa shape index (κ3) is 4.69. The van der Waals surface area contributed by atoms with Crippen LogP contribution < -0.4 is 0 Å². The SMILES string of the molecule is CCCCc1ccc(O)c(SCC(=O)OC)c1. The van der Waals surface area contributed by atoms with Gasteiger partial charge in [-0.05, 0) is 30.5 Å². The van der Waals surface area contributed by atoms with Crippen molar-refractivity contribution in [3.8, 4) is 5.75 Å². The molecule has 0 spiro atoms. The summed E-state index contributed by atoms with van der Waals surface area (Å²) in [5.41, 5.74) is 1.19. The summed E-state index contributed by atoms with van der Waals surface area (Å²) in [6.07, 6.45) is 3.28. The lowest BCUT2D eigenvalue weighted by molar-refractivity contribution is -0.137. The molecule has 0 radical (unpaired) electrons. The number of hydrogen-bond acceptors (Lipinski definition) is 4. The number of aromatic hydroxyl groups is 1. The van der Waals surface area contributed by atoms with Gasteiger partial charge in [-0.25, -0.2) is 0 Å². The first-order chi connectivity index (χ1) is 8.17. The van der Waals surface area contributed by atoms with E-state index in [-0.39, 0.29) is 17.5 Å². The maximum absolute atomic E-state index is 11.0.